The summed E-state index contributed by atoms with van der Waals surface area (Å²) in [6, 6.07) is 14.7. The standard InChI is InChI=1S/C19H23N3O/c1-4-21(5-2)17-8-11-19-16(12-17)13-20-22(19)14-15-6-9-18(23-3)10-7-15/h6-13H,4-5,14H2,1-3H3. The van der Waals surface area contributed by atoms with Crippen molar-refractivity contribution in [3.05, 3.63) is 54.2 Å². The molecule has 3 aromatic rings. The summed E-state index contributed by atoms with van der Waals surface area (Å²) in [5, 5.41) is 5.74. The lowest BCUT2D eigenvalue weighted by molar-refractivity contribution is 0.414. The molecule has 0 amide bonds. The molecule has 4 nitrogen and oxygen atoms in total. The van der Waals surface area contributed by atoms with Crippen molar-refractivity contribution in [1.82, 2.24) is 9.78 Å². The van der Waals surface area contributed by atoms with Crippen LogP contribution in [0.25, 0.3) is 10.9 Å². The molecule has 0 aliphatic rings. The second kappa shape index (κ2) is 6.73. The quantitative estimate of drug-likeness (QED) is 0.691. The van der Waals surface area contributed by atoms with E-state index in [9.17, 15) is 0 Å². The van der Waals surface area contributed by atoms with Crippen molar-refractivity contribution in [3.8, 4) is 5.75 Å². The van der Waals surface area contributed by atoms with Crippen LogP contribution in [0.15, 0.2) is 48.7 Å². The zero-order valence-electron chi connectivity index (χ0n) is 14.0. The Kier molecular flexibility index (Phi) is 4.51. The van der Waals surface area contributed by atoms with Gasteiger partial charge < -0.3 is 9.64 Å². The predicted molar refractivity (Wildman–Crippen MR) is 95.4 cm³/mol. The van der Waals surface area contributed by atoms with Crippen LogP contribution in [-0.4, -0.2) is 30.0 Å². The first-order valence-electron chi connectivity index (χ1n) is 8.08. The number of rotatable bonds is 6. The molecule has 3 rings (SSSR count). The molecule has 0 saturated carbocycles. The number of methoxy groups -OCH3 is 1. The van der Waals surface area contributed by atoms with E-state index in [4.69, 9.17) is 4.74 Å². The molecule has 0 unspecified atom stereocenters. The van der Waals surface area contributed by atoms with Crippen LogP contribution in [0.4, 0.5) is 5.69 Å². The minimum absolute atomic E-state index is 0.762. The van der Waals surface area contributed by atoms with E-state index in [1.807, 2.05) is 23.0 Å². The van der Waals surface area contributed by atoms with Crippen LogP contribution in [-0.2, 0) is 6.54 Å². The Labute approximate surface area is 137 Å². The molecule has 0 atom stereocenters. The summed E-state index contributed by atoms with van der Waals surface area (Å²) >= 11 is 0. The van der Waals surface area contributed by atoms with Crippen molar-refractivity contribution in [1.29, 1.82) is 0 Å². The second-order valence-corrected chi connectivity index (χ2v) is 5.57. The normalized spacial score (nSPS) is 10.9. The minimum Gasteiger partial charge on any atom is -0.497 e. The summed E-state index contributed by atoms with van der Waals surface area (Å²) in [6.07, 6.45) is 1.95. The largest absolute Gasteiger partial charge is 0.497 e. The van der Waals surface area contributed by atoms with Gasteiger partial charge in [0.15, 0.2) is 0 Å². The van der Waals surface area contributed by atoms with Crippen molar-refractivity contribution in [2.45, 2.75) is 20.4 Å². The number of anilines is 1. The average molecular weight is 309 g/mol. The lowest BCUT2D eigenvalue weighted by atomic mass is 10.2. The van der Waals surface area contributed by atoms with Gasteiger partial charge in [-0.1, -0.05) is 12.1 Å². The zero-order valence-corrected chi connectivity index (χ0v) is 14.0. The van der Waals surface area contributed by atoms with Crippen LogP contribution in [0.3, 0.4) is 0 Å². The fourth-order valence-corrected chi connectivity index (χ4v) is 2.89. The molecule has 23 heavy (non-hydrogen) atoms. The van der Waals surface area contributed by atoms with Crippen LogP contribution < -0.4 is 9.64 Å². The molecule has 0 aliphatic heterocycles. The highest BCUT2D eigenvalue weighted by Gasteiger charge is 2.07. The van der Waals surface area contributed by atoms with E-state index in [-0.39, 0.29) is 0 Å². The van der Waals surface area contributed by atoms with Crippen molar-refractivity contribution in [2.75, 3.05) is 25.1 Å². The number of nitrogens with zero attached hydrogens (tertiary/aromatic N) is 3. The maximum absolute atomic E-state index is 5.20. The van der Waals surface area contributed by atoms with Gasteiger partial charge in [0.05, 0.1) is 25.4 Å². The molecule has 4 heteroatoms. The van der Waals surface area contributed by atoms with Gasteiger partial charge in [-0.2, -0.15) is 5.10 Å². The molecule has 1 aromatic heterocycles. The zero-order chi connectivity index (χ0) is 16.2. The van der Waals surface area contributed by atoms with Gasteiger partial charge in [-0.3, -0.25) is 4.68 Å². The van der Waals surface area contributed by atoms with Crippen LogP contribution in [0, 0.1) is 0 Å². The van der Waals surface area contributed by atoms with Gasteiger partial charge in [0.1, 0.15) is 5.75 Å². The molecule has 0 N–H and O–H groups in total. The Bertz CT molecular complexity index is 773. The number of hydrogen-bond acceptors (Lipinski definition) is 3. The Morgan fingerprint density at radius 1 is 1.04 bits per heavy atom. The van der Waals surface area contributed by atoms with E-state index >= 15 is 0 Å². The molecule has 2 aromatic carbocycles. The maximum atomic E-state index is 5.20. The second-order valence-electron chi connectivity index (χ2n) is 5.57. The minimum atomic E-state index is 0.762. The smallest absolute Gasteiger partial charge is 0.118 e. The molecule has 0 radical (unpaired) electrons. The number of fused-ring (bicyclic) bond motifs is 1. The van der Waals surface area contributed by atoms with E-state index in [1.54, 1.807) is 7.11 Å². The highest BCUT2D eigenvalue weighted by atomic mass is 16.5. The number of hydrogen-bond donors (Lipinski definition) is 0. The monoisotopic (exact) mass is 309 g/mol. The van der Waals surface area contributed by atoms with Gasteiger partial charge in [0, 0.05) is 24.2 Å². The van der Waals surface area contributed by atoms with E-state index < -0.39 is 0 Å². The third-order valence-electron chi connectivity index (χ3n) is 4.25. The van der Waals surface area contributed by atoms with Crippen molar-refractivity contribution in [3.63, 3.8) is 0 Å². The third kappa shape index (κ3) is 3.16. The number of benzene rings is 2. The topological polar surface area (TPSA) is 30.3 Å². The Morgan fingerprint density at radius 3 is 2.43 bits per heavy atom. The predicted octanol–water partition coefficient (Wildman–Crippen LogP) is 3.94. The summed E-state index contributed by atoms with van der Waals surface area (Å²) in [7, 11) is 1.68. The lowest BCUT2D eigenvalue weighted by Gasteiger charge is -2.20. The summed E-state index contributed by atoms with van der Waals surface area (Å²) in [5.74, 6) is 0.878. The lowest BCUT2D eigenvalue weighted by Crippen LogP contribution is -2.21. The first-order valence-corrected chi connectivity index (χ1v) is 8.08. The molecule has 0 bridgehead atoms. The van der Waals surface area contributed by atoms with Gasteiger partial charge in [-0.15, -0.1) is 0 Å². The van der Waals surface area contributed by atoms with Gasteiger partial charge in [-0.25, -0.2) is 0 Å². The van der Waals surface area contributed by atoms with Crippen molar-refractivity contribution in [2.24, 2.45) is 0 Å². The molecule has 0 spiro atoms. The molecule has 1 heterocycles. The van der Waals surface area contributed by atoms with E-state index in [2.05, 4.69) is 54.2 Å². The van der Waals surface area contributed by atoms with E-state index in [1.165, 1.54) is 16.6 Å². The highest BCUT2D eigenvalue weighted by molar-refractivity contribution is 5.82. The molecular weight excluding hydrogens is 286 g/mol. The number of ether oxygens (including phenoxy) is 1. The van der Waals surface area contributed by atoms with E-state index in [0.717, 1.165) is 30.9 Å². The van der Waals surface area contributed by atoms with Gasteiger partial charge in [0.25, 0.3) is 0 Å². The molecule has 0 saturated heterocycles. The number of aromatic nitrogens is 2. The van der Waals surface area contributed by atoms with Crippen LogP contribution in [0.5, 0.6) is 5.75 Å². The Morgan fingerprint density at radius 2 is 1.78 bits per heavy atom. The van der Waals surface area contributed by atoms with Crippen molar-refractivity contribution < 1.29 is 4.74 Å². The van der Waals surface area contributed by atoms with Crippen LogP contribution in [0.2, 0.25) is 0 Å². The van der Waals surface area contributed by atoms with Gasteiger partial charge in [-0.05, 0) is 49.7 Å². The molecule has 0 fully saturated rings. The van der Waals surface area contributed by atoms with E-state index in [0.29, 0.717) is 0 Å². The SMILES string of the molecule is CCN(CC)c1ccc2c(cnn2Cc2ccc(OC)cc2)c1. The fourth-order valence-electron chi connectivity index (χ4n) is 2.89. The maximum Gasteiger partial charge on any atom is 0.118 e. The summed E-state index contributed by atoms with van der Waals surface area (Å²) in [4.78, 5) is 2.35. The van der Waals surface area contributed by atoms with Gasteiger partial charge >= 0.3 is 0 Å². The fraction of sp³-hybridized carbons (Fsp3) is 0.316. The average Bonchev–Trinajstić information content (AvgIpc) is 2.99. The first kappa shape index (κ1) is 15.4. The Hall–Kier alpha value is -2.49. The van der Waals surface area contributed by atoms with Gasteiger partial charge in [0.2, 0.25) is 0 Å². The molecule has 0 aliphatic carbocycles. The summed E-state index contributed by atoms with van der Waals surface area (Å²) in [6.45, 7) is 7.16. The van der Waals surface area contributed by atoms with Crippen LogP contribution >= 0.6 is 0 Å². The Balaban J connectivity index is 1.87. The van der Waals surface area contributed by atoms with Crippen molar-refractivity contribution >= 4 is 16.6 Å². The summed E-state index contributed by atoms with van der Waals surface area (Å²) in [5.41, 5.74) is 3.63. The summed E-state index contributed by atoms with van der Waals surface area (Å²) < 4.78 is 7.25. The van der Waals surface area contributed by atoms with Crippen LogP contribution in [0.1, 0.15) is 19.4 Å². The molecule has 120 valence electrons. The third-order valence-corrected chi connectivity index (χ3v) is 4.25. The first-order chi connectivity index (χ1) is 11.2. The highest BCUT2D eigenvalue weighted by Crippen LogP contribution is 2.23. The molecular formula is C19H23N3O.